The Balaban J connectivity index is 1.44. The van der Waals surface area contributed by atoms with Gasteiger partial charge in [-0.3, -0.25) is 9.89 Å². The molecule has 3 aromatic rings. The number of H-pyrrole nitrogens is 1. The summed E-state index contributed by atoms with van der Waals surface area (Å²) in [5.41, 5.74) is 1.48. The number of hydrogen-bond donors (Lipinski definition) is 2. The monoisotopic (exact) mass is 412 g/mol. The zero-order valence-electron chi connectivity index (χ0n) is 15.7. The fraction of sp³-hybridized carbons (Fsp3) is 0.286. The third-order valence-electron chi connectivity index (χ3n) is 5.05. The SMILES string of the molecule is O=C(CSc1n[nH]c(C2(c3ccccc3)CCOCC2)n1)Nc1ccc(F)cc1. The lowest BCUT2D eigenvalue weighted by Crippen LogP contribution is -2.36. The Labute approximate surface area is 172 Å². The molecule has 2 N–H and O–H groups in total. The highest BCUT2D eigenvalue weighted by molar-refractivity contribution is 7.99. The van der Waals surface area contributed by atoms with Gasteiger partial charge in [0.2, 0.25) is 11.1 Å². The number of benzene rings is 2. The van der Waals surface area contributed by atoms with Gasteiger partial charge in [-0.2, -0.15) is 0 Å². The maximum absolute atomic E-state index is 13.0. The highest BCUT2D eigenvalue weighted by atomic mass is 32.2. The van der Waals surface area contributed by atoms with Gasteiger partial charge < -0.3 is 10.1 Å². The first-order valence-electron chi connectivity index (χ1n) is 9.40. The number of anilines is 1. The van der Waals surface area contributed by atoms with Crippen molar-refractivity contribution in [2.45, 2.75) is 23.4 Å². The third-order valence-corrected chi connectivity index (χ3v) is 5.90. The molecular weight excluding hydrogens is 391 g/mol. The minimum absolute atomic E-state index is 0.163. The first kappa shape index (κ1) is 19.6. The second-order valence-electron chi connectivity index (χ2n) is 6.87. The molecule has 2 heterocycles. The van der Waals surface area contributed by atoms with Gasteiger partial charge in [-0.15, -0.1) is 5.10 Å². The molecule has 0 saturated carbocycles. The van der Waals surface area contributed by atoms with Crippen LogP contribution < -0.4 is 5.32 Å². The molecule has 1 aliphatic rings. The molecule has 0 unspecified atom stereocenters. The fourth-order valence-corrected chi connectivity index (χ4v) is 4.12. The first-order valence-corrected chi connectivity index (χ1v) is 10.4. The Hall–Kier alpha value is -2.71. The molecule has 29 heavy (non-hydrogen) atoms. The van der Waals surface area contributed by atoms with Crippen molar-refractivity contribution in [3.63, 3.8) is 0 Å². The number of hydrogen-bond acceptors (Lipinski definition) is 5. The van der Waals surface area contributed by atoms with Gasteiger partial charge in [-0.25, -0.2) is 9.37 Å². The molecule has 150 valence electrons. The molecule has 0 aliphatic carbocycles. The van der Waals surface area contributed by atoms with E-state index in [0.717, 1.165) is 18.7 Å². The summed E-state index contributed by atoms with van der Waals surface area (Å²) in [5.74, 6) is 0.423. The largest absolute Gasteiger partial charge is 0.381 e. The van der Waals surface area contributed by atoms with E-state index in [0.29, 0.717) is 24.1 Å². The average Bonchev–Trinajstić information content (AvgIpc) is 3.25. The van der Waals surface area contributed by atoms with E-state index in [2.05, 4.69) is 32.6 Å². The van der Waals surface area contributed by atoms with Crippen LogP contribution in [0.25, 0.3) is 0 Å². The van der Waals surface area contributed by atoms with Gasteiger partial charge in [0.25, 0.3) is 0 Å². The quantitative estimate of drug-likeness (QED) is 0.603. The molecule has 4 rings (SSSR count). The van der Waals surface area contributed by atoms with Crippen molar-refractivity contribution < 1.29 is 13.9 Å². The van der Waals surface area contributed by atoms with Crippen LogP contribution in [0.2, 0.25) is 0 Å². The summed E-state index contributed by atoms with van der Waals surface area (Å²) in [6.45, 7) is 1.33. The van der Waals surface area contributed by atoms with Gasteiger partial charge in [0, 0.05) is 18.9 Å². The first-order chi connectivity index (χ1) is 14.2. The molecule has 2 aromatic carbocycles. The maximum Gasteiger partial charge on any atom is 0.234 e. The molecular formula is C21H21FN4O2S. The lowest BCUT2D eigenvalue weighted by Gasteiger charge is -2.35. The molecule has 6 nitrogen and oxygen atoms in total. The number of nitrogens with zero attached hydrogens (tertiary/aromatic N) is 2. The van der Waals surface area contributed by atoms with E-state index in [4.69, 9.17) is 4.74 Å². The van der Waals surface area contributed by atoms with E-state index in [1.807, 2.05) is 18.2 Å². The van der Waals surface area contributed by atoms with Gasteiger partial charge in [0.1, 0.15) is 11.6 Å². The fourth-order valence-electron chi connectivity index (χ4n) is 3.52. The molecule has 0 radical (unpaired) electrons. The zero-order chi connectivity index (χ0) is 20.1. The summed E-state index contributed by atoms with van der Waals surface area (Å²) in [4.78, 5) is 16.8. The molecule has 1 fully saturated rings. The second-order valence-corrected chi connectivity index (χ2v) is 7.81. The van der Waals surface area contributed by atoms with Crippen molar-refractivity contribution in [1.29, 1.82) is 0 Å². The van der Waals surface area contributed by atoms with Crippen molar-refractivity contribution >= 4 is 23.4 Å². The van der Waals surface area contributed by atoms with Gasteiger partial charge in [-0.1, -0.05) is 42.1 Å². The van der Waals surface area contributed by atoms with Gasteiger partial charge in [0.15, 0.2) is 0 Å². The van der Waals surface area contributed by atoms with Crippen molar-refractivity contribution in [1.82, 2.24) is 15.2 Å². The number of amides is 1. The Kier molecular flexibility index (Phi) is 5.92. The number of aromatic amines is 1. The molecule has 1 aromatic heterocycles. The number of aromatic nitrogens is 3. The van der Waals surface area contributed by atoms with Gasteiger partial charge >= 0.3 is 0 Å². The third kappa shape index (κ3) is 4.49. The highest BCUT2D eigenvalue weighted by Crippen LogP contribution is 2.39. The van der Waals surface area contributed by atoms with Crippen LogP contribution in [-0.2, 0) is 14.9 Å². The Morgan fingerprint density at radius 3 is 2.59 bits per heavy atom. The number of carbonyl (C=O) groups is 1. The summed E-state index contributed by atoms with van der Waals surface area (Å²) in [7, 11) is 0. The van der Waals surface area contributed by atoms with Gasteiger partial charge in [-0.05, 0) is 42.7 Å². The number of rotatable bonds is 6. The predicted octanol–water partition coefficient (Wildman–Crippen LogP) is 3.77. The Bertz CT molecular complexity index is 956. The molecule has 0 atom stereocenters. The topological polar surface area (TPSA) is 79.9 Å². The van der Waals surface area contributed by atoms with E-state index >= 15 is 0 Å². The molecule has 1 amide bonds. The van der Waals surface area contributed by atoms with Crippen LogP contribution in [0, 0.1) is 5.82 Å². The number of thioether (sulfide) groups is 1. The zero-order valence-corrected chi connectivity index (χ0v) is 16.5. The number of carbonyl (C=O) groups excluding carboxylic acids is 1. The van der Waals surface area contributed by atoms with Crippen molar-refractivity contribution in [3.8, 4) is 0 Å². The lowest BCUT2D eigenvalue weighted by atomic mass is 9.73. The van der Waals surface area contributed by atoms with Crippen LogP contribution in [-0.4, -0.2) is 40.1 Å². The van der Waals surface area contributed by atoms with Crippen LogP contribution >= 0.6 is 11.8 Å². The van der Waals surface area contributed by atoms with Crippen molar-refractivity contribution in [2.24, 2.45) is 0 Å². The van der Waals surface area contributed by atoms with Crippen LogP contribution in [0.3, 0.4) is 0 Å². The summed E-state index contributed by atoms with van der Waals surface area (Å²) < 4.78 is 18.5. The van der Waals surface area contributed by atoms with Gasteiger partial charge in [0.05, 0.1) is 11.2 Å². The van der Waals surface area contributed by atoms with Crippen LogP contribution in [0.1, 0.15) is 24.2 Å². The summed E-state index contributed by atoms with van der Waals surface area (Å²) in [6, 6.07) is 15.9. The lowest BCUT2D eigenvalue weighted by molar-refractivity contribution is -0.113. The minimum Gasteiger partial charge on any atom is -0.381 e. The summed E-state index contributed by atoms with van der Waals surface area (Å²) >= 11 is 1.26. The Morgan fingerprint density at radius 1 is 1.14 bits per heavy atom. The Morgan fingerprint density at radius 2 is 1.86 bits per heavy atom. The molecule has 1 saturated heterocycles. The number of halogens is 1. The van der Waals surface area contributed by atoms with E-state index in [-0.39, 0.29) is 22.9 Å². The standard InChI is InChI=1S/C21H21FN4O2S/c22-16-6-8-17(9-7-16)23-18(27)14-29-20-24-19(25-26-20)21(10-12-28-13-11-21)15-4-2-1-3-5-15/h1-9H,10-14H2,(H,23,27)(H,24,25,26). The van der Waals surface area contributed by atoms with Crippen LogP contribution in [0.5, 0.6) is 0 Å². The molecule has 0 spiro atoms. The molecule has 8 heteroatoms. The predicted molar refractivity (Wildman–Crippen MR) is 109 cm³/mol. The molecule has 1 aliphatic heterocycles. The van der Waals surface area contributed by atoms with Crippen LogP contribution in [0.15, 0.2) is 59.8 Å². The summed E-state index contributed by atoms with van der Waals surface area (Å²) in [6.07, 6.45) is 1.64. The van der Waals surface area contributed by atoms with Crippen LogP contribution in [0.4, 0.5) is 10.1 Å². The highest BCUT2D eigenvalue weighted by Gasteiger charge is 2.39. The second kappa shape index (κ2) is 8.75. The van der Waals surface area contributed by atoms with Crippen molar-refractivity contribution in [3.05, 3.63) is 71.8 Å². The van der Waals surface area contributed by atoms with E-state index in [9.17, 15) is 9.18 Å². The normalized spacial score (nSPS) is 15.8. The van der Waals surface area contributed by atoms with E-state index in [1.165, 1.54) is 41.6 Å². The summed E-state index contributed by atoms with van der Waals surface area (Å²) in [5, 5.41) is 10.7. The minimum atomic E-state index is -0.342. The molecule has 0 bridgehead atoms. The van der Waals surface area contributed by atoms with E-state index < -0.39 is 0 Å². The average molecular weight is 412 g/mol. The van der Waals surface area contributed by atoms with Crippen molar-refractivity contribution in [2.75, 3.05) is 24.3 Å². The number of ether oxygens (including phenoxy) is 1. The van der Waals surface area contributed by atoms with E-state index in [1.54, 1.807) is 0 Å². The number of nitrogens with one attached hydrogen (secondary N) is 2. The smallest absolute Gasteiger partial charge is 0.234 e. The maximum atomic E-state index is 13.0.